The van der Waals surface area contributed by atoms with Crippen LogP contribution in [0.25, 0.3) is 0 Å². The molecule has 1 saturated carbocycles. The number of rotatable bonds is 1. The third-order valence-corrected chi connectivity index (χ3v) is 2.59. The van der Waals surface area contributed by atoms with E-state index in [2.05, 4.69) is 6.07 Å². The van der Waals surface area contributed by atoms with E-state index in [1.807, 2.05) is 13.8 Å². The first kappa shape index (κ1) is 8.26. The van der Waals surface area contributed by atoms with Gasteiger partial charge in [-0.3, -0.25) is 4.79 Å². The van der Waals surface area contributed by atoms with Gasteiger partial charge in [-0.2, -0.15) is 5.26 Å². The minimum atomic E-state index is -0.0255. The molecular formula is C9H13NO. The molecule has 2 atom stereocenters. The van der Waals surface area contributed by atoms with E-state index in [-0.39, 0.29) is 23.0 Å². The van der Waals surface area contributed by atoms with Crippen LogP contribution in [-0.2, 0) is 4.79 Å². The van der Waals surface area contributed by atoms with Crippen LogP contribution in [0.2, 0.25) is 0 Å². The van der Waals surface area contributed by atoms with Crippen LogP contribution in [0.3, 0.4) is 0 Å². The summed E-state index contributed by atoms with van der Waals surface area (Å²) in [5.41, 5.74) is 0.0617. The molecule has 0 aromatic rings. The molecule has 0 N–H and O–H groups in total. The Labute approximate surface area is 67.2 Å². The molecule has 0 amide bonds. The largest absolute Gasteiger partial charge is 0.300 e. The number of hydrogen-bond donors (Lipinski definition) is 0. The van der Waals surface area contributed by atoms with Crippen LogP contribution in [-0.4, -0.2) is 5.78 Å². The summed E-state index contributed by atoms with van der Waals surface area (Å²) < 4.78 is 0. The summed E-state index contributed by atoms with van der Waals surface area (Å²) in [6, 6.07) is 2.17. The van der Waals surface area contributed by atoms with E-state index in [4.69, 9.17) is 5.26 Å². The molecule has 0 heterocycles. The second kappa shape index (κ2) is 2.34. The molecule has 0 aromatic heterocycles. The smallest absolute Gasteiger partial charge is 0.134 e. The monoisotopic (exact) mass is 151 g/mol. The molecule has 0 saturated heterocycles. The SMILES string of the molecule is CC(=O)[C@H]1[C@H](C#N)CC1(C)C. The summed E-state index contributed by atoms with van der Waals surface area (Å²) in [5, 5.41) is 8.64. The number of hydrogen-bond acceptors (Lipinski definition) is 2. The number of Topliss-reactive ketones (excluding diaryl/α,β-unsaturated/α-hetero) is 1. The Morgan fingerprint density at radius 1 is 1.64 bits per heavy atom. The van der Waals surface area contributed by atoms with Crippen molar-refractivity contribution in [3.05, 3.63) is 0 Å². The summed E-state index contributed by atoms with van der Waals surface area (Å²) in [5.74, 6) is 0.114. The van der Waals surface area contributed by atoms with E-state index < -0.39 is 0 Å². The topological polar surface area (TPSA) is 40.9 Å². The Morgan fingerprint density at radius 3 is 2.36 bits per heavy atom. The van der Waals surface area contributed by atoms with Crippen LogP contribution in [0.5, 0.6) is 0 Å². The number of carbonyl (C=O) groups excluding carboxylic acids is 1. The maximum absolute atomic E-state index is 11.1. The van der Waals surface area contributed by atoms with E-state index in [0.717, 1.165) is 6.42 Å². The summed E-state index contributed by atoms with van der Waals surface area (Å²) >= 11 is 0. The maximum Gasteiger partial charge on any atom is 0.134 e. The zero-order valence-electron chi connectivity index (χ0n) is 7.22. The van der Waals surface area contributed by atoms with Crippen molar-refractivity contribution in [2.75, 3.05) is 0 Å². The van der Waals surface area contributed by atoms with Gasteiger partial charge in [-0.1, -0.05) is 13.8 Å². The maximum atomic E-state index is 11.1. The summed E-state index contributed by atoms with van der Waals surface area (Å²) in [4.78, 5) is 11.1. The predicted octanol–water partition coefficient (Wildman–Crippen LogP) is 1.76. The van der Waals surface area contributed by atoms with Gasteiger partial charge < -0.3 is 0 Å². The van der Waals surface area contributed by atoms with E-state index in [1.165, 1.54) is 0 Å². The number of nitrogens with zero attached hydrogens (tertiary/aromatic N) is 1. The second-order valence-corrected chi connectivity index (χ2v) is 4.02. The molecule has 0 spiro atoms. The Morgan fingerprint density at radius 2 is 2.18 bits per heavy atom. The lowest BCUT2D eigenvalue weighted by Crippen LogP contribution is -2.47. The van der Waals surface area contributed by atoms with Gasteiger partial charge in [-0.05, 0) is 18.8 Å². The van der Waals surface area contributed by atoms with Crippen molar-refractivity contribution in [2.24, 2.45) is 17.3 Å². The van der Waals surface area contributed by atoms with Crippen molar-refractivity contribution in [1.82, 2.24) is 0 Å². The Bertz CT molecular complexity index is 224. The van der Waals surface area contributed by atoms with Crippen LogP contribution in [0, 0.1) is 28.6 Å². The Kier molecular flexibility index (Phi) is 1.75. The van der Waals surface area contributed by atoms with E-state index in [1.54, 1.807) is 6.92 Å². The lowest BCUT2D eigenvalue weighted by Gasteiger charge is -2.46. The molecule has 2 nitrogen and oxygen atoms in total. The zero-order valence-corrected chi connectivity index (χ0v) is 7.22. The van der Waals surface area contributed by atoms with Crippen LogP contribution in [0.1, 0.15) is 27.2 Å². The fourth-order valence-corrected chi connectivity index (χ4v) is 2.15. The summed E-state index contributed by atoms with van der Waals surface area (Å²) in [6.07, 6.45) is 0.869. The third-order valence-electron chi connectivity index (χ3n) is 2.59. The molecule has 0 unspecified atom stereocenters. The fourth-order valence-electron chi connectivity index (χ4n) is 2.15. The van der Waals surface area contributed by atoms with Gasteiger partial charge in [-0.15, -0.1) is 0 Å². The highest BCUT2D eigenvalue weighted by Crippen LogP contribution is 2.50. The quantitative estimate of drug-likeness (QED) is 0.573. The molecular weight excluding hydrogens is 138 g/mol. The van der Waals surface area contributed by atoms with Gasteiger partial charge in [0.05, 0.1) is 12.0 Å². The number of carbonyl (C=O) groups is 1. The van der Waals surface area contributed by atoms with Crippen LogP contribution < -0.4 is 0 Å². The van der Waals surface area contributed by atoms with Gasteiger partial charge in [0.2, 0.25) is 0 Å². The van der Waals surface area contributed by atoms with Crippen molar-refractivity contribution in [1.29, 1.82) is 5.26 Å². The van der Waals surface area contributed by atoms with Gasteiger partial charge >= 0.3 is 0 Å². The number of nitriles is 1. The highest BCUT2D eigenvalue weighted by molar-refractivity contribution is 5.81. The molecule has 1 aliphatic carbocycles. The minimum Gasteiger partial charge on any atom is -0.300 e. The molecule has 1 aliphatic rings. The fraction of sp³-hybridized carbons (Fsp3) is 0.778. The van der Waals surface area contributed by atoms with Crippen molar-refractivity contribution in [2.45, 2.75) is 27.2 Å². The third kappa shape index (κ3) is 1.16. The first-order valence-electron chi connectivity index (χ1n) is 3.89. The number of ketones is 1. The highest BCUT2D eigenvalue weighted by atomic mass is 16.1. The average molecular weight is 151 g/mol. The highest BCUT2D eigenvalue weighted by Gasteiger charge is 2.49. The van der Waals surface area contributed by atoms with Crippen LogP contribution in [0.4, 0.5) is 0 Å². The van der Waals surface area contributed by atoms with Crippen molar-refractivity contribution in [3.8, 4) is 6.07 Å². The molecule has 0 aromatic carbocycles. The van der Waals surface area contributed by atoms with Gasteiger partial charge in [-0.25, -0.2) is 0 Å². The lowest BCUT2D eigenvalue weighted by molar-refractivity contribution is -0.133. The zero-order chi connectivity index (χ0) is 8.65. The summed E-state index contributed by atoms with van der Waals surface area (Å²) in [7, 11) is 0. The predicted molar refractivity (Wildman–Crippen MR) is 41.7 cm³/mol. The van der Waals surface area contributed by atoms with Crippen LogP contribution >= 0.6 is 0 Å². The normalized spacial score (nSPS) is 33.6. The molecule has 2 heteroatoms. The molecule has 11 heavy (non-hydrogen) atoms. The second-order valence-electron chi connectivity index (χ2n) is 4.02. The van der Waals surface area contributed by atoms with Crippen molar-refractivity contribution < 1.29 is 4.79 Å². The van der Waals surface area contributed by atoms with Gasteiger partial charge in [0, 0.05) is 5.92 Å². The molecule has 1 rings (SSSR count). The van der Waals surface area contributed by atoms with Gasteiger partial charge in [0.15, 0.2) is 0 Å². The molecule has 0 radical (unpaired) electrons. The Hall–Kier alpha value is -0.840. The van der Waals surface area contributed by atoms with Gasteiger partial charge in [0.25, 0.3) is 0 Å². The van der Waals surface area contributed by atoms with Crippen molar-refractivity contribution in [3.63, 3.8) is 0 Å². The van der Waals surface area contributed by atoms with E-state index in [9.17, 15) is 4.79 Å². The standard InChI is InChI=1S/C9H13NO/c1-6(11)8-7(5-10)4-9(8,2)3/h7-8H,4H2,1-3H3/t7-,8-/m0/s1. The van der Waals surface area contributed by atoms with Crippen LogP contribution in [0.15, 0.2) is 0 Å². The first-order valence-corrected chi connectivity index (χ1v) is 3.89. The summed E-state index contributed by atoms with van der Waals surface area (Å²) in [6.45, 7) is 5.68. The van der Waals surface area contributed by atoms with E-state index >= 15 is 0 Å². The van der Waals surface area contributed by atoms with E-state index in [0.29, 0.717) is 0 Å². The molecule has 0 aliphatic heterocycles. The van der Waals surface area contributed by atoms with Gasteiger partial charge in [0.1, 0.15) is 5.78 Å². The van der Waals surface area contributed by atoms with Crippen molar-refractivity contribution >= 4 is 5.78 Å². The average Bonchev–Trinajstić information content (AvgIpc) is 1.81. The minimum absolute atomic E-state index is 0.0208. The molecule has 60 valence electrons. The first-order chi connectivity index (χ1) is 4.99. The molecule has 0 bridgehead atoms. The molecule has 1 fully saturated rings. The Balaban J connectivity index is 2.74. The lowest BCUT2D eigenvalue weighted by atomic mass is 9.55.